The van der Waals surface area contributed by atoms with Crippen LogP contribution >= 0.6 is 11.6 Å². The minimum absolute atomic E-state index is 0.0122. The van der Waals surface area contributed by atoms with Gasteiger partial charge < -0.3 is 25.5 Å². The number of hydrogen-bond donors (Lipinski definition) is 3. The van der Waals surface area contributed by atoms with Crippen LogP contribution in [0.15, 0.2) is 48.5 Å². The van der Waals surface area contributed by atoms with Gasteiger partial charge in [0.2, 0.25) is 5.91 Å². The number of hydrogen-bond acceptors (Lipinski definition) is 4. The highest BCUT2D eigenvalue weighted by Gasteiger charge is 2.39. The Hall–Kier alpha value is -3.10. The number of carbonyl (C=O) groups is 3. The van der Waals surface area contributed by atoms with Crippen LogP contribution < -0.4 is 10.6 Å². The summed E-state index contributed by atoms with van der Waals surface area (Å²) in [6, 6.07) is 12.3. The zero-order valence-electron chi connectivity index (χ0n) is 18.3. The summed E-state index contributed by atoms with van der Waals surface area (Å²) in [5.74, 6) is -0.410. The highest BCUT2D eigenvalue weighted by molar-refractivity contribution is 6.30. The number of benzene rings is 2. The number of halogens is 1. The maximum Gasteiger partial charge on any atom is 0.322 e. The Bertz CT molecular complexity index is 1030. The minimum atomic E-state index is -0.820. The first kappa shape index (κ1) is 23.1. The van der Waals surface area contributed by atoms with Crippen LogP contribution in [0.3, 0.4) is 0 Å². The van der Waals surface area contributed by atoms with Crippen molar-refractivity contribution in [3.63, 3.8) is 0 Å². The van der Waals surface area contributed by atoms with Gasteiger partial charge in [-0.25, -0.2) is 4.79 Å². The highest BCUT2D eigenvalue weighted by atomic mass is 35.5. The van der Waals surface area contributed by atoms with Crippen LogP contribution in [0, 0.1) is 0 Å². The van der Waals surface area contributed by atoms with Gasteiger partial charge in [-0.1, -0.05) is 11.6 Å². The summed E-state index contributed by atoms with van der Waals surface area (Å²) in [5.41, 5.74) is 1.63. The normalized spacial score (nSPS) is 22.3. The van der Waals surface area contributed by atoms with Crippen molar-refractivity contribution in [2.24, 2.45) is 0 Å². The number of rotatable bonds is 4. The van der Waals surface area contributed by atoms with Crippen molar-refractivity contribution in [3.8, 4) is 0 Å². The fraction of sp³-hybridized carbons (Fsp3) is 0.375. The zero-order valence-corrected chi connectivity index (χ0v) is 19.1. The van der Waals surface area contributed by atoms with E-state index < -0.39 is 24.1 Å². The van der Waals surface area contributed by atoms with Crippen molar-refractivity contribution < 1.29 is 19.5 Å². The van der Waals surface area contributed by atoms with Gasteiger partial charge in [-0.2, -0.15) is 0 Å². The molecule has 0 radical (unpaired) electrons. The quantitative estimate of drug-likeness (QED) is 0.635. The number of urea groups is 1. The lowest BCUT2D eigenvalue weighted by molar-refractivity contribution is -0.119. The maximum atomic E-state index is 12.9. The Morgan fingerprint density at radius 3 is 2.24 bits per heavy atom. The Balaban J connectivity index is 1.39. The van der Waals surface area contributed by atoms with Crippen LogP contribution in [0.25, 0.3) is 0 Å². The number of aliphatic hydroxyl groups is 1. The van der Waals surface area contributed by atoms with E-state index in [9.17, 15) is 19.5 Å². The van der Waals surface area contributed by atoms with Gasteiger partial charge in [0.1, 0.15) is 6.04 Å². The molecule has 2 aliphatic heterocycles. The number of carbonyl (C=O) groups excluding carboxylic acids is 3. The molecule has 0 spiro atoms. The monoisotopic (exact) mass is 470 g/mol. The first-order valence-corrected chi connectivity index (χ1v) is 11.4. The van der Waals surface area contributed by atoms with Crippen LogP contribution in [0.4, 0.5) is 16.2 Å². The van der Waals surface area contributed by atoms with Crippen LogP contribution in [0.1, 0.15) is 36.5 Å². The van der Waals surface area contributed by atoms with E-state index in [0.717, 1.165) is 19.4 Å². The Kier molecular flexibility index (Phi) is 6.85. The topological polar surface area (TPSA) is 102 Å². The smallest absolute Gasteiger partial charge is 0.322 e. The average Bonchev–Trinajstić information content (AvgIpc) is 3.41. The van der Waals surface area contributed by atoms with E-state index in [1.807, 2.05) is 11.8 Å². The van der Waals surface area contributed by atoms with Gasteiger partial charge in [-0.15, -0.1) is 0 Å². The molecule has 3 atom stereocenters. The lowest BCUT2D eigenvalue weighted by Gasteiger charge is -2.24. The third-order valence-electron chi connectivity index (χ3n) is 6.15. The molecule has 0 aliphatic carbocycles. The van der Waals surface area contributed by atoms with Crippen molar-refractivity contribution >= 4 is 40.8 Å². The number of nitrogens with zero attached hydrogens (tertiary/aromatic N) is 2. The first-order valence-electron chi connectivity index (χ1n) is 11.0. The Labute approximate surface area is 197 Å². The molecular formula is C24H27ClN4O4. The predicted octanol–water partition coefficient (Wildman–Crippen LogP) is 3.57. The summed E-state index contributed by atoms with van der Waals surface area (Å²) < 4.78 is 0. The van der Waals surface area contributed by atoms with Crippen molar-refractivity contribution in [1.29, 1.82) is 0 Å². The van der Waals surface area contributed by atoms with Crippen LogP contribution in [-0.4, -0.2) is 64.0 Å². The first-order chi connectivity index (χ1) is 15.8. The fourth-order valence-electron chi connectivity index (χ4n) is 4.34. The van der Waals surface area contributed by atoms with Gasteiger partial charge >= 0.3 is 6.03 Å². The summed E-state index contributed by atoms with van der Waals surface area (Å²) >= 11 is 5.87. The molecule has 4 amide bonds. The molecule has 33 heavy (non-hydrogen) atoms. The number of nitrogens with one attached hydrogen (secondary N) is 2. The fourth-order valence-corrected chi connectivity index (χ4v) is 4.46. The second-order valence-corrected chi connectivity index (χ2v) is 8.99. The molecule has 0 bridgehead atoms. The van der Waals surface area contributed by atoms with Gasteiger partial charge in [-0.3, -0.25) is 9.59 Å². The SMILES string of the molecule is C[C@H]1CCCN1C(=O)c1ccc(NC(=O)[C@H]2C[C@@H](O)CN2C(=O)Nc2ccc(Cl)cc2)cc1. The van der Waals surface area contributed by atoms with Crippen molar-refractivity contribution in [3.05, 3.63) is 59.1 Å². The number of β-amino-alcohol motifs (C(OH)–C–C–N with tert-alkyl or cyclic N) is 1. The van der Waals surface area contributed by atoms with Crippen molar-refractivity contribution in [1.82, 2.24) is 9.80 Å². The number of anilines is 2. The third kappa shape index (κ3) is 5.29. The van der Waals surface area contributed by atoms with Gasteiger partial charge in [0.25, 0.3) is 5.91 Å². The number of aliphatic hydroxyl groups excluding tert-OH is 1. The second kappa shape index (κ2) is 9.80. The highest BCUT2D eigenvalue weighted by Crippen LogP contribution is 2.23. The third-order valence-corrected chi connectivity index (χ3v) is 6.40. The second-order valence-electron chi connectivity index (χ2n) is 8.55. The Morgan fingerprint density at radius 1 is 0.970 bits per heavy atom. The van der Waals surface area contributed by atoms with Gasteiger partial charge in [0.05, 0.1) is 6.10 Å². The lowest BCUT2D eigenvalue weighted by atomic mass is 10.1. The molecular weight excluding hydrogens is 444 g/mol. The molecule has 2 aromatic rings. The van der Waals surface area contributed by atoms with Crippen LogP contribution in [0.2, 0.25) is 5.02 Å². The molecule has 0 aromatic heterocycles. The van der Waals surface area contributed by atoms with Gasteiger partial charge in [0.15, 0.2) is 0 Å². The molecule has 2 fully saturated rings. The van der Waals surface area contributed by atoms with E-state index in [0.29, 0.717) is 22.0 Å². The maximum absolute atomic E-state index is 12.9. The van der Waals surface area contributed by atoms with E-state index in [1.165, 1.54) is 4.90 Å². The van der Waals surface area contributed by atoms with E-state index in [2.05, 4.69) is 10.6 Å². The molecule has 2 heterocycles. The summed E-state index contributed by atoms with van der Waals surface area (Å²) in [5, 5.41) is 16.2. The lowest BCUT2D eigenvalue weighted by Crippen LogP contribution is -2.45. The van der Waals surface area contributed by atoms with Gasteiger partial charge in [0, 0.05) is 47.5 Å². The van der Waals surface area contributed by atoms with Gasteiger partial charge in [-0.05, 0) is 68.3 Å². The van der Waals surface area contributed by atoms with Crippen molar-refractivity contribution in [2.75, 3.05) is 23.7 Å². The molecule has 2 aliphatic rings. The molecule has 4 rings (SSSR count). The largest absolute Gasteiger partial charge is 0.391 e. The van der Waals surface area contributed by atoms with E-state index in [1.54, 1.807) is 48.5 Å². The van der Waals surface area contributed by atoms with E-state index in [4.69, 9.17) is 11.6 Å². The molecule has 0 saturated carbocycles. The summed E-state index contributed by atoms with van der Waals surface area (Å²) in [7, 11) is 0. The molecule has 3 N–H and O–H groups in total. The molecule has 9 heteroatoms. The minimum Gasteiger partial charge on any atom is -0.391 e. The number of amides is 4. The molecule has 0 unspecified atom stereocenters. The van der Waals surface area contributed by atoms with E-state index in [-0.39, 0.29) is 24.9 Å². The molecule has 8 nitrogen and oxygen atoms in total. The summed E-state index contributed by atoms with van der Waals surface area (Å²) in [6.07, 6.45) is 1.37. The summed E-state index contributed by atoms with van der Waals surface area (Å²) in [6.45, 7) is 2.86. The van der Waals surface area contributed by atoms with Crippen molar-refractivity contribution in [2.45, 2.75) is 44.4 Å². The van der Waals surface area contributed by atoms with Crippen LogP contribution in [0.5, 0.6) is 0 Å². The molecule has 2 saturated heterocycles. The summed E-state index contributed by atoms with van der Waals surface area (Å²) in [4.78, 5) is 41.5. The zero-order chi connectivity index (χ0) is 23.5. The Morgan fingerprint density at radius 2 is 1.61 bits per heavy atom. The van der Waals surface area contributed by atoms with E-state index >= 15 is 0 Å². The number of likely N-dealkylation sites (tertiary alicyclic amines) is 2. The van der Waals surface area contributed by atoms with Crippen LogP contribution in [-0.2, 0) is 4.79 Å². The molecule has 174 valence electrons. The standard InChI is InChI=1S/C24H27ClN4O4/c1-15-3-2-12-28(15)23(32)16-4-8-18(9-5-16)26-22(31)21-13-20(30)14-29(21)24(33)27-19-10-6-17(25)7-11-19/h4-11,15,20-21,30H,2-3,12-14H2,1H3,(H,26,31)(H,27,33)/t15-,20+,21+/m0/s1. The predicted molar refractivity (Wildman–Crippen MR) is 126 cm³/mol. The average molecular weight is 471 g/mol. The molecule has 2 aromatic carbocycles.